The van der Waals surface area contributed by atoms with Crippen molar-refractivity contribution in [3.8, 4) is 0 Å². The number of nitrogens with one attached hydrogen (secondary N) is 3. The molecule has 28 heavy (non-hydrogen) atoms. The third kappa shape index (κ3) is 3.57. The molecule has 1 unspecified atom stereocenters. The van der Waals surface area contributed by atoms with Gasteiger partial charge < -0.3 is 25.5 Å². The number of amides is 4. The predicted molar refractivity (Wildman–Crippen MR) is 99.6 cm³/mol. The van der Waals surface area contributed by atoms with Crippen molar-refractivity contribution in [3.05, 3.63) is 34.9 Å². The standard InChI is InChI=1S/C19H23N5O4/c25-16-4-3-15(17(26)22-16)24-11-13-9-12(1-2-14(13)18(24)27)10-21-19(28)23-7-5-20-6-8-23/h1-2,9,15,20H,3-8,10-11H2,(H,21,28)(H,22,25,26)/p+1. The largest absolute Gasteiger partial charge is 0.462 e. The van der Waals surface area contributed by atoms with Crippen molar-refractivity contribution in [1.82, 2.24) is 20.4 Å². The minimum absolute atomic E-state index is 0.0860. The molecule has 0 aromatic heterocycles. The molecule has 1 fully saturated rings. The molecule has 0 spiro atoms. The molecule has 3 aliphatic heterocycles. The summed E-state index contributed by atoms with van der Waals surface area (Å²) in [6.45, 7) is 3.75. The van der Waals surface area contributed by atoms with E-state index < -0.39 is 6.04 Å². The third-order valence-electron chi connectivity index (χ3n) is 5.45. The van der Waals surface area contributed by atoms with E-state index in [1.807, 2.05) is 12.1 Å². The van der Waals surface area contributed by atoms with Gasteiger partial charge in [-0.2, -0.15) is 0 Å². The van der Waals surface area contributed by atoms with E-state index in [1.54, 1.807) is 15.9 Å². The molecule has 148 valence electrons. The first-order valence-corrected chi connectivity index (χ1v) is 9.55. The Morgan fingerprint density at radius 3 is 2.82 bits per heavy atom. The number of carbonyl (C=O) groups excluding carboxylic acids is 3. The molecule has 3 aliphatic rings. The highest BCUT2D eigenvalue weighted by Crippen LogP contribution is 2.27. The van der Waals surface area contributed by atoms with Crippen LogP contribution in [0.15, 0.2) is 18.2 Å². The quantitative estimate of drug-likeness (QED) is 0.504. The van der Waals surface area contributed by atoms with E-state index in [-0.39, 0.29) is 30.2 Å². The Bertz CT molecular complexity index is 847. The fourth-order valence-corrected chi connectivity index (χ4v) is 3.91. The van der Waals surface area contributed by atoms with E-state index in [0.717, 1.165) is 24.2 Å². The van der Waals surface area contributed by atoms with E-state index in [2.05, 4.69) is 15.6 Å². The van der Waals surface area contributed by atoms with Gasteiger partial charge in [0.05, 0.1) is 6.42 Å². The number of fused-ring (bicyclic) bond motifs is 1. The number of aliphatic hydroxyl groups excluding tert-OH is 1. The van der Waals surface area contributed by atoms with Crippen molar-refractivity contribution in [2.45, 2.75) is 32.0 Å². The molecular weight excluding hydrogens is 362 g/mol. The van der Waals surface area contributed by atoms with Crippen molar-refractivity contribution in [2.24, 2.45) is 0 Å². The third-order valence-corrected chi connectivity index (χ3v) is 5.45. The van der Waals surface area contributed by atoms with Gasteiger partial charge in [0, 0.05) is 44.8 Å². The molecule has 9 heteroatoms. The molecule has 3 heterocycles. The van der Waals surface area contributed by atoms with Gasteiger partial charge in [0.15, 0.2) is 6.04 Å². The maximum Gasteiger partial charge on any atom is 0.388 e. The first kappa shape index (κ1) is 18.4. The average molecular weight is 386 g/mol. The Morgan fingerprint density at radius 2 is 2.07 bits per heavy atom. The van der Waals surface area contributed by atoms with Crippen LogP contribution < -0.4 is 15.6 Å². The van der Waals surface area contributed by atoms with Crippen LogP contribution in [0.3, 0.4) is 0 Å². The van der Waals surface area contributed by atoms with Gasteiger partial charge in [0.25, 0.3) is 5.91 Å². The monoisotopic (exact) mass is 386 g/mol. The Balaban J connectivity index is 1.41. The van der Waals surface area contributed by atoms with Gasteiger partial charge in [-0.3, -0.25) is 4.79 Å². The first-order valence-electron chi connectivity index (χ1n) is 9.55. The van der Waals surface area contributed by atoms with Gasteiger partial charge in [-0.1, -0.05) is 12.1 Å². The summed E-state index contributed by atoms with van der Waals surface area (Å²) >= 11 is 0. The van der Waals surface area contributed by atoms with E-state index in [0.29, 0.717) is 38.2 Å². The van der Waals surface area contributed by atoms with Crippen LogP contribution in [0.4, 0.5) is 4.79 Å². The number of hydrogen-bond donors (Lipinski definition) is 4. The zero-order valence-electron chi connectivity index (χ0n) is 15.5. The summed E-state index contributed by atoms with van der Waals surface area (Å²) in [6, 6.07) is 4.93. The summed E-state index contributed by atoms with van der Waals surface area (Å²) in [4.78, 5) is 42.1. The predicted octanol–water partition coefficient (Wildman–Crippen LogP) is -1.52. The number of rotatable bonds is 3. The normalized spacial score (nSPS) is 22.1. The topological polar surface area (TPSA) is 116 Å². The minimum atomic E-state index is -0.506. The summed E-state index contributed by atoms with van der Waals surface area (Å²) in [6.07, 6.45) is 0.684. The number of aliphatic hydroxyl groups is 1. The zero-order chi connectivity index (χ0) is 19.7. The van der Waals surface area contributed by atoms with Crippen molar-refractivity contribution >= 4 is 23.7 Å². The molecule has 4 N–H and O–H groups in total. The molecule has 0 radical (unpaired) electrons. The smallest absolute Gasteiger partial charge is 0.388 e. The van der Waals surface area contributed by atoms with E-state index in [9.17, 15) is 19.5 Å². The van der Waals surface area contributed by atoms with E-state index in [1.165, 1.54) is 0 Å². The van der Waals surface area contributed by atoms with Crippen molar-refractivity contribution in [2.75, 3.05) is 26.2 Å². The second-order valence-electron chi connectivity index (χ2n) is 7.31. The van der Waals surface area contributed by atoms with Crippen LogP contribution >= 0.6 is 0 Å². The second kappa shape index (κ2) is 7.59. The van der Waals surface area contributed by atoms with Crippen LogP contribution in [-0.2, 0) is 17.9 Å². The number of urea groups is 1. The molecule has 0 aliphatic carbocycles. The van der Waals surface area contributed by atoms with Gasteiger partial charge in [-0.15, -0.1) is 4.99 Å². The Hall–Kier alpha value is -2.94. The number of hydrogen-bond acceptors (Lipinski definition) is 4. The highest BCUT2D eigenvalue weighted by molar-refractivity contribution is 6.01. The average Bonchev–Trinajstić information content (AvgIpc) is 3.02. The Labute approximate surface area is 162 Å². The summed E-state index contributed by atoms with van der Waals surface area (Å²) < 4.78 is 0. The summed E-state index contributed by atoms with van der Waals surface area (Å²) in [5.74, 6) is -0.555. The minimum Gasteiger partial charge on any atom is -0.462 e. The molecule has 1 aromatic rings. The van der Waals surface area contributed by atoms with E-state index in [4.69, 9.17) is 0 Å². The molecule has 1 atom stereocenters. The van der Waals surface area contributed by atoms with Crippen LogP contribution in [0.25, 0.3) is 0 Å². The summed E-state index contributed by atoms with van der Waals surface area (Å²) in [5, 5.41) is 16.2. The first-order chi connectivity index (χ1) is 13.5. The fourth-order valence-electron chi connectivity index (χ4n) is 3.91. The van der Waals surface area contributed by atoms with Crippen LogP contribution in [0.5, 0.6) is 0 Å². The molecule has 1 aromatic carbocycles. The molecule has 4 amide bonds. The van der Waals surface area contributed by atoms with Gasteiger partial charge in [0.1, 0.15) is 0 Å². The zero-order valence-corrected chi connectivity index (χ0v) is 15.5. The Morgan fingerprint density at radius 1 is 1.29 bits per heavy atom. The number of benzene rings is 1. The number of nitrogens with zero attached hydrogens (tertiary/aromatic N) is 2. The van der Waals surface area contributed by atoms with Crippen molar-refractivity contribution < 1.29 is 24.5 Å². The van der Waals surface area contributed by atoms with Gasteiger partial charge in [0.2, 0.25) is 0 Å². The molecule has 0 bridgehead atoms. The van der Waals surface area contributed by atoms with E-state index >= 15 is 0 Å². The number of carbonyl (C=O) groups is 3. The highest BCUT2D eigenvalue weighted by Gasteiger charge is 2.40. The van der Waals surface area contributed by atoms with Crippen LogP contribution in [0.1, 0.15) is 34.3 Å². The van der Waals surface area contributed by atoms with Gasteiger partial charge >= 0.3 is 17.8 Å². The van der Waals surface area contributed by atoms with Crippen LogP contribution in [-0.4, -0.2) is 70.9 Å². The summed E-state index contributed by atoms with van der Waals surface area (Å²) in [5.41, 5.74) is 2.38. The maximum atomic E-state index is 12.7. The molecule has 0 saturated carbocycles. The van der Waals surface area contributed by atoms with Crippen molar-refractivity contribution in [3.63, 3.8) is 0 Å². The van der Waals surface area contributed by atoms with Crippen LogP contribution in [0, 0.1) is 0 Å². The fraction of sp³-hybridized carbons (Fsp3) is 0.474. The molecule has 4 rings (SSSR count). The second-order valence-corrected chi connectivity index (χ2v) is 7.31. The summed E-state index contributed by atoms with van der Waals surface area (Å²) in [7, 11) is 0. The molecular formula is C19H24N5O4+. The van der Waals surface area contributed by atoms with Gasteiger partial charge in [-0.25, -0.2) is 9.59 Å². The van der Waals surface area contributed by atoms with Gasteiger partial charge in [-0.05, 0) is 23.6 Å². The Kier molecular flexibility index (Phi) is 4.99. The number of piperazine rings is 1. The highest BCUT2D eigenvalue weighted by atomic mass is 16.3. The maximum absolute atomic E-state index is 12.7. The molecule has 9 nitrogen and oxygen atoms in total. The lowest BCUT2D eigenvalue weighted by Gasteiger charge is -2.27. The molecule has 1 saturated heterocycles. The lowest BCUT2D eigenvalue weighted by atomic mass is 10.1. The SMILES string of the molecule is O=C1CCC(N2Cc3cc(CNC(=O)N4CCNCC4)ccc3C2=O)C(O)=[NH+]1. The lowest BCUT2D eigenvalue weighted by molar-refractivity contribution is -0.394. The van der Waals surface area contributed by atoms with Crippen molar-refractivity contribution in [1.29, 1.82) is 0 Å². The van der Waals surface area contributed by atoms with Crippen LogP contribution in [0.2, 0.25) is 0 Å². The lowest BCUT2D eigenvalue weighted by Crippen LogP contribution is -2.82.